The van der Waals surface area contributed by atoms with Crippen LogP contribution in [-0.4, -0.2) is 62.9 Å². The summed E-state index contributed by atoms with van der Waals surface area (Å²) in [5.41, 5.74) is 3.27. The molecule has 34 heavy (non-hydrogen) atoms. The van der Waals surface area contributed by atoms with Crippen LogP contribution >= 0.6 is 0 Å². The molecule has 0 N–H and O–H groups in total. The Hall–Kier alpha value is -3.77. The van der Waals surface area contributed by atoms with Crippen molar-refractivity contribution in [3.05, 3.63) is 52.4 Å². The van der Waals surface area contributed by atoms with Crippen molar-refractivity contribution in [1.82, 2.24) is 9.47 Å². The van der Waals surface area contributed by atoms with Gasteiger partial charge in [-0.1, -0.05) is 6.07 Å². The topological polar surface area (TPSA) is 103 Å². The number of carbonyl (C=O) groups excluding carboxylic acids is 2. The van der Waals surface area contributed by atoms with E-state index in [2.05, 4.69) is 0 Å². The second kappa shape index (κ2) is 12.5. The molecule has 1 aromatic heterocycles. The molecule has 0 aliphatic rings. The summed E-state index contributed by atoms with van der Waals surface area (Å²) in [4.78, 5) is 26.4. The minimum Gasteiger partial charge on any atom is -0.493 e. The average molecular weight is 470 g/mol. The molecule has 2 aromatic rings. The third kappa shape index (κ3) is 6.62. The lowest BCUT2D eigenvalue weighted by Gasteiger charge is -2.18. The number of benzene rings is 1. The van der Waals surface area contributed by atoms with Crippen molar-refractivity contribution in [1.29, 1.82) is 5.26 Å². The molecule has 0 radical (unpaired) electrons. The van der Waals surface area contributed by atoms with E-state index in [0.29, 0.717) is 24.7 Å². The molecule has 2 rings (SSSR count). The van der Waals surface area contributed by atoms with E-state index >= 15 is 0 Å². The van der Waals surface area contributed by atoms with Crippen molar-refractivity contribution in [2.24, 2.45) is 0 Å². The van der Waals surface area contributed by atoms with Gasteiger partial charge in [0.1, 0.15) is 11.6 Å². The molecular weight excluding hydrogens is 438 g/mol. The number of ether oxygens (including phenoxy) is 4. The lowest BCUT2D eigenvalue weighted by Crippen LogP contribution is -2.31. The maximum absolute atomic E-state index is 12.5. The van der Waals surface area contributed by atoms with Gasteiger partial charge in [0.25, 0.3) is 5.91 Å². The number of aryl methyl sites for hydroxylation is 1. The molecular formula is C25H31N3O6. The van der Waals surface area contributed by atoms with E-state index in [1.807, 2.05) is 36.6 Å². The first kappa shape index (κ1) is 26.5. The van der Waals surface area contributed by atoms with E-state index in [9.17, 15) is 14.9 Å². The van der Waals surface area contributed by atoms with E-state index in [-0.39, 0.29) is 12.1 Å². The molecule has 1 heterocycles. The summed E-state index contributed by atoms with van der Waals surface area (Å²) >= 11 is 0. The van der Waals surface area contributed by atoms with Gasteiger partial charge in [0, 0.05) is 38.6 Å². The molecule has 0 bridgehead atoms. The number of amides is 1. The lowest BCUT2D eigenvalue weighted by atomic mass is 10.1. The van der Waals surface area contributed by atoms with Gasteiger partial charge in [0.15, 0.2) is 18.1 Å². The van der Waals surface area contributed by atoms with Crippen LogP contribution in [0.3, 0.4) is 0 Å². The molecule has 0 spiro atoms. The van der Waals surface area contributed by atoms with Crippen LogP contribution in [0.2, 0.25) is 0 Å². The number of carbonyl (C=O) groups is 2. The third-order valence-corrected chi connectivity index (χ3v) is 5.39. The molecule has 1 aromatic carbocycles. The summed E-state index contributed by atoms with van der Waals surface area (Å²) in [6, 6.07) is 9.10. The Morgan fingerprint density at radius 2 is 1.82 bits per heavy atom. The first-order valence-electron chi connectivity index (χ1n) is 10.6. The highest BCUT2D eigenvalue weighted by Crippen LogP contribution is 2.28. The lowest BCUT2D eigenvalue weighted by molar-refractivity contribution is -0.148. The Labute approximate surface area is 200 Å². The number of aromatic nitrogens is 1. The van der Waals surface area contributed by atoms with Crippen molar-refractivity contribution in [2.45, 2.75) is 26.9 Å². The van der Waals surface area contributed by atoms with E-state index in [1.165, 1.54) is 18.1 Å². The summed E-state index contributed by atoms with van der Waals surface area (Å²) in [6.45, 7) is 4.86. The Bertz CT molecular complexity index is 1100. The fourth-order valence-electron chi connectivity index (χ4n) is 3.45. The number of nitrogens with zero attached hydrogens (tertiary/aromatic N) is 3. The third-order valence-electron chi connectivity index (χ3n) is 5.39. The number of likely N-dealkylation sites (N-methyl/N-ethyl adjacent to an activating group) is 1. The second-order valence-corrected chi connectivity index (χ2v) is 7.66. The highest BCUT2D eigenvalue weighted by atomic mass is 16.5. The molecule has 182 valence electrons. The number of rotatable bonds is 11. The van der Waals surface area contributed by atoms with Crippen LogP contribution in [-0.2, 0) is 32.2 Å². The first-order valence-corrected chi connectivity index (χ1v) is 10.6. The van der Waals surface area contributed by atoms with Gasteiger partial charge >= 0.3 is 5.97 Å². The molecule has 0 unspecified atom stereocenters. The molecule has 0 aliphatic carbocycles. The highest BCUT2D eigenvalue weighted by Gasteiger charge is 2.18. The summed E-state index contributed by atoms with van der Waals surface area (Å²) < 4.78 is 22.8. The predicted octanol–water partition coefficient (Wildman–Crippen LogP) is 2.88. The number of methoxy groups -OCH3 is 3. The first-order chi connectivity index (χ1) is 16.2. The largest absolute Gasteiger partial charge is 0.493 e. The Kier molecular flexibility index (Phi) is 9.71. The molecule has 0 fully saturated rings. The highest BCUT2D eigenvalue weighted by molar-refractivity contribution is 5.99. The summed E-state index contributed by atoms with van der Waals surface area (Å²) in [6.07, 6.45) is 1.48. The molecule has 0 saturated carbocycles. The van der Waals surface area contributed by atoms with Gasteiger partial charge in [-0.05, 0) is 49.2 Å². The van der Waals surface area contributed by atoms with Gasteiger partial charge in [-0.2, -0.15) is 5.26 Å². The van der Waals surface area contributed by atoms with Crippen molar-refractivity contribution >= 4 is 18.0 Å². The number of hydrogen-bond donors (Lipinski definition) is 0. The zero-order chi connectivity index (χ0) is 25.3. The van der Waals surface area contributed by atoms with Gasteiger partial charge in [-0.25, -0.2) is 4.79 Å². The zero-order valence-corrected chi connectivity index (χ0v) is 20.5. The Balaban J connectivity index is 2.02. The fourth-order valence-corrected chi connectivity index (χ4v) is 3.45. The normalized spacial score (nSPS) is 11.0. The predicted molar refractivity (Wildman–Crippen MR) is 126 cm³/mol. The molecule has 0 saturated heterocycles. The van der Waals surface area contributed by atoms with E-state index < -0.39 is 18.5 Å². The second-order valence-electron chi connectivity index (χ2n) is 7.66. The number of hydrogen-bond acceptors (Lipinski definition) is 7. The molecule has 0 aliphatic heterocycles. The van der Waals surface area contributed by atoms with E-state index in [1.54, 1.807) is 33.4 Å². The Morgan fingerprint density at radius 3 is 2.44 bits per heavy atom. The van der Waals surface area contributed by atoms with Crippen molar-refractivity contribution in [3.63, 3.8) is 0 Å². The van der Waals surface area contributed by atoms with Crippen LogP contribution in [0, 0.1) is 25.2 Å². The van der Waals surface area contributed by atoms with E-state index in [0.717, 1.165) is 22.5 Å². The average Bonchev–Trinajstić information content (AvgIpc) is 3.10. The van der Waals surface area contributed by atoms with Crippen LogP contribution in [0.15, 0.2) is 29.8 Å². The molecule has 0 atom stereocenters. The monoisotopic (exact) mass is 469 g/mol. The van der Waals surface area contributed by atoms with Crippen LogP contribution in [0.25, 0.3) is 6.08 Å². The Morgan fingerprint density at radius 1 is 1.12 bits per heavy atom. The fraction of sp³-hybridized carbons (Fsp3) is 0.400. The van der Waals surface area contributed by atoms with Gasteiger partial charge in [0.05, 0.1) is 20.8 Å². The molecule has 1 amide bonds. The summed E-state index contributed by atoms with van der Waals surface area (Å²) in [7, 11) is 6.31. The van der Waals surface area contributed by atoms with Gasteiger partial charge in [-0.15, -0.1) is 0 Å². The van der Waals surface area contributed by atoms with Crippen LogP contribution in [0.1, 0.15) is 22.5 Å². The summed E-state index contributed by atoms with van der Waals surface area (Å²) in [5.74, 6) is -0.114. The SMILES string of the molecule is COCCn1c(C)cc(/C=C(\C#N)C(=O)OCC(=O)N(C)Cc2ccc(OC)c(OC)c2)c1C. The van der Waals surface area contributed by atoms with Crippen LogP contribution in [0.4, 0.5) is 0 Å². The smallest absolute Gasteiger partial charge is 0.349 e. The van der Waals surface area contributed by atoms with Crippen LogP contribution in [0.5, 0.6) is 11.5 Å². The molecule has 9 nitrogen and oxygen atoms in total. The van der Waals surface area contributed by atoms with Crippen molar-refractivity contribution in [2.75, 3.05) is 41.6 Å². The van der Waals surface area contributed by atoms with Crippen molar-refractivity contribution < 1.29 is 28.5 Å². The summed E-state index contributed by atoms with van der Waals surface area (Å²) in [5, 5.41) is 9.46. The maximum Gasteiger partial charge on any atom is 0.349 e. The quantitative estimate of drug-likeness (QED) is 0.283. The van der Waals surface area contributed by atoms with E-state index in [4.69, 9.17) is 18.9 Å². The van der Waals surface area contributed by atoms with Crippen molar-refractivity contribution in [3.8, 4) is 17.6 Å². The van der Waals surface area contributed by atoms with Gasteiger partial charge in [-0.3, -0.25) is 4.79 Å². The number of esters is 1. The molecule has 9 heteroatoms. The maximum atomic E-state index is 12.5. The zero-order valence-electron chi connectivity index (χ0n) is 20.5. The van der Waals surface area contributed by atoms with Gasteiger partial charge < -0.3 is 28.4 Å². The minimum atomic E-state index is -0.850. The minimum absolute atomic E-state index is 0.178. The number of nitriles is 1. The van der Waals surface area contributed by atoms with Crippen LogP contribution < -0.4 is 9.47 Å². The standard InChI is InChI=1S/C25H31N3O6/c1-17-11-20(18(2)28(17)9-10-31-4)13-21(14-26)25(30)34-16-24(29)27(3)15-19-7-8-22(32-5)23(12-19)33-6/h7-8,11-13H,9-10,15-16H2,1-6H3/b21-13+. The van der Waals surface area contributed by atoms with Gasteiger partial charge in [0.2, 0.25) is 0 Å².